The van der Waals surface area contributed by atoms with Crippen molar-refractivity contribution >= 4 is 23.2 Å². The fraction of sp³-hybridized carbons (Fsp3) is 0.214. The van der Waals surface area contributed by atoms with E-state index in [4.69, 9.17) is 5.73 Å². The molecule has 3 N–H and O–H groups in total. The highest BCUT2D eigenvalue weighted by Crippen LogP contribution is 2.15. The molecule has 0 saturated carbocycles. The van der Waals surface area contributed by atoms with Gasteiger partial charge in [-0.1, -0.05) is 29.8 Å². The molecule has 5 nitrogen and oxygen atoms in total. The monoisotopic (exact) mass is 289 g/mol. The molecule has 1 aromatic carbocycles. The van der Waals surface area contributed by atoms with Crippen LogP contribution in [0.1, 0.15) is 44.4 Å². The Balaban J connectivity index is 2.06. The van der Waals surface area contributed by atoms with Gasteiger partial charge < -0.3 is 11.1 Å². The average molecular weight is 289 g/mol. The minimum atomic E-state index is -0.624. The van der Waals surface area contributed by atoms with E-state index in [-0.39, 0.29) is 22.7 Å². The molecule has 0 bridgehead atoms. The van der Waals surface area contributed by atoms with Crippen LogP contribution in [0.3, 0.4) is 0 Å². The van der Waals surface area contributed by atoms with Crippen LogP contribution >= 0.6 is 11.3 Å². The van der Waals surface area contributed by atoms with E-state index in [0.717, 1.165) is 22.5 Å². The normalized spacial score (nSPS) is 11.9. The van der Waals surface area contributed by atoms with Crippen molar-refractivity contribution in [2.75, 3.05) is 0 Å². The summed E-state index contributed by atoms with van der Waals surface area (Å²) in [6.07, 6.45) is 0. The van der Waals surface area contributed by atoms with E-state index in [1.807, 2.05) is 38.1 Å². The van der Waals surface area contributed by atoms with Gasteiger partial charge >= 0.3 is 0 Å². The molecule has 1 aromatic heterocycles. The second-order valence-electron chi connectivity index (χ2n) is 4.51. The van der Waals surface area contributed by atoms with Gasteiger partial charge in [0, 0.05) is 5.38 Å². The summed E-state index contributed by atoms with van der Waals surface area (Å²) in [4.78, 5) is 26.9. The number of aryl methyl sites for hydroxylation is 1. The number of carbonyl (C=O) groups excluding carboxylic acids is 2. The van der Waals surface area contributed by atoms with Crippen molar-refractivity contribution in [1.29, 1.82) is 0 Å². The molecule has 20 heavy (non-hydrogen) atoms. The largest absolute Gasteiger partial charge is 0.364 e. The smallest absolute Gasteiger partial charge is 0.277 e. The second-order valence-corrected chi connectivity index (χ2v) is 5.37. The number of nitrogens with two attached hydrogens (primary N) is 1. The molecule has 2 amide bonds. The van der Waals surface area contributed by atoms with Crippen molar-refractivity contribution in [3.05, 3.63) is 51.5 Å². The number of nitrogens with zero attached hydrogens (tertiary/aromatic N) is 1. The van der Waals surface area contributed by atoms with E-state index in [2.05, 4.69) is 10.3 Å². The molecule has 104 valence electrons. The third kappa shape index (κ3) is 3.21. The molecule has 1 atom stereocenters. The fourth-order valence-electron chi connectivity index (χ4n) is 1.70. The van der Waals surface area contributed by atoms with E-state index >= 15 is 0 Å². The van der Waals surface area contributed by atoms with Crippen LogP contribution in [0, 0.1) is 6.92 Å². The Bertz CT molecular complexity index is 634. The molecule has 0 aliphatic rings. The summed E-state index contributed by atoms with van der Waals surface area (Å²) < 4.78 is 0. The van der Waals surface area contributed by atoms with Gasteiger partial charge in [-0.3, -0.25) is 9.59 Å². The summed E-state index contributed by atoms with van der Waals surface area (Å²) >= 11 is 1.06. The van der Waals surface area contributed by atoms with Gasteiger partial charge in [0.05, 0.1) is 6.04 Å². The summed E-state index contributed by atoms with van der Waals surface area (Å²) in [5.74, 6) is -0.942. The average Bonchev–Trinajstić information content (AvgIpc) is 2.89. The summed E-state index contributed by atoms with van der Waals surface area (Å²) in [7, 11) is 0. The van der Waals surface area contributed by atoms with E-state index in [1.54, 1.807) is 0 Å². The lowest BCUT2D eigenvalue weighted by molar-refractivity contribution is 0.0935. The number of aromatic nitrogens is 1. The first-order valence-corrected chi connectivity index (χ1v) is 6.98. The Kier molecular flexibility index (Phi) is 4.14. The van der Waals surface area contributed by atoms with Gasteiger partial charge in [-0.15, -0.1) is 11.3 Å². The lowest BCUT2D eigenvalue weighted by Crippen LogP contribution is -2.27. The Hall–Kier alpha value is -2.21. The summed E-state index contributed by atoms with van der Waals surface area (Å²) in [5.41, 5.74) is 7.50. The lowest BCUT2D eigenvalue weighted by atomic mass is 10.1. The molecule has 1 heterocycles. The van der Waals surface area contributed by atoms with Gasteiger partial charge in [0.1, 0.15) is 5.69 Å². The van der Waals surface area contributed by atoms with Crippen LogP contribution in [0.4, 0.5) is 0 Å². The highest BCUT2D eigenvalue weighted by Gasteiger charge is 2.16. The van der Waals surface area contributed by atoms with Gasteiger partial charge in [-0.05, 0) is 19.4 Å². The molecular formula is C14H15N3O2S. The van der Waals surface area contributed by atoms with Crippen LogP contribution < -0.4 is 11.1 Å². The van der Waals surface area contributed by atoms with Gasteiger partial charge in [0.15, 0.2) is 5.01 Å². The summed E-state index contributed by atoms with van der Waals surface area (Å²) in [6.45, 7) is 3.90. The molecule has 0 fully saturated rings. The zero-order chi connectivity index (χ0) is 14.7. The van der Waals surface area contributed by atoms with E-state index in [9.17, 15) is 9.59 Å². The highest BCUT2D eigenvalue weighted by atomic mass is 32.1. The maximum atomic E-state index is 12.0. The minimum absolute atomic E-state index is 0.137. The Morgan fingerprint density at radius 3 is 2.50 bits per heavy atom. The Morgan fingerprint density at radius 1 is 1.30 bits per heavy atom. The van der Waals surface area contributed by atoms with Crippen LogP contribution in [0.2, 0.25) is 0 Å². The van der Waals surface area contributed by atoms with Crippen molar-refractivity contribution in [3.63, 3.8) is 0 Å². The standard InChI is InChI=1S/C14H15N3O2S/c1-8-3-5-10(6-4-8)9(2)16-13(19)11-7-20-14(17-11)12(15)18/h3-7,9H,1-2H3,(H2,15,18)(H,16,19)/t9-/m1/s1. The molecule has 6 heteroatoms. The first-order valence-electron chi connectivity index (χ1n) is 6.10. The van der Waals surface area contributed by atoms with Gasteiger partial charge in [0.2, 0.25) is 0 Å². The third-order valence-corrected chi connectivity index (χ3v) is 3.73. The molecule has 0 radical (unpaired) electrons. The first kappa shape index (κ1) is 14.2. The molecular weight excluding hydrogens is 274 g/mol. The Labute approximate surface area is 120 Å². The van der Waals surface area contributed by atoms with Gasteiger partial charge in [0.25, 0.3) is 11.8 Å². The number of nitrogens with one attached hydrogen (secondary N) is 1. The maximum absolute atomic E-state index is 12.0. The predicted molar refractivity (Wildman–Crippen MR) is 77.7 cm³/mol. The molecule has 0 aliphatic carbocycles. The lowest BCUT2D eigenvalue weighted by Gasteiger charge is -2.13. The first-order chi connectivity index (χ1) is 9.47. The number of hydrogen-bond donors (Lipinski definition) is 2. The Morgan fingerprint density at radius 2 is 1.95 bits per heavy atom. The molecule has 0 aliphatic heterocycles. The van der Waals surface area contributed by atoms with Crippen molar-refractivity contribution in [2.45, 2.75) is 19.9 Å². The van der Waals surface area contributed by atoms with Crippen molar-refractivity contribution < 1.29 is 9.59 Å². The second kappa shape index (κ2) is 5.83. The van der Waals surface area contributed by atoms with Crippen molar-refractivity contribution in [2.24, 2.45) is 5.73 Å². The SMILES string of the molecule is Cc1ccc([C@@H](C)NC(=O)c2csc(C(N)=O)n2)cc1. The number of amides is 2. The van der Waals surface area contributed by atoms with Gasteiger partial charge in [-0.2, -0.15) is 0 Å². The highest BCUT2D eigenvalue weighted by molar-refractivity contribution is 7.11. The quantitative estimate of drug-likeness (QED) is 0.903. The van der Waals surface area contributed by atoms with E-state index in [1.165, 1.54) is 5.38 Å². The summed E-state index contributed by atoms with van der Waals surface area (Å²) in [5, 5.41) is 4.50. The third-order valence-electron chi connectivity index (χ3n) is 2.87. The number of hydrogen-bond acceptors (Lipinski definition) is 4. The number of carbonyl (C=O) groups is 2. The van der Waals surface area contributed by atoms with E-state index < -0.39 is 5.91 Å². The van der Waals surface area contributed by atoms with Crippen LogP contribution in [0.25, 0.3) is 0 Å². The van der Waals surface area contributed by atoms with Gasteiger partial charge in [-0.25, -0.2) is 4.98 Å². The number of primary amides is 1. The van der Waals surface area contributed by atoms with Crippen LogP contribution in [0.15, 0.2) is 29.6 Å². The zero-order valence-electron chi connectivity index (χ0n) is 11.2. The molecule has 2 rings (SSSR count). The van der Waals surface area contributed by atoms with Crippen molar-refractivity contribution in [3.8, 4) is 0 Å². The number of benzene rings is 1. The molecule has 0 saturated heterocycles. The molecule has 2 aromatic rings. The fourth-order valence-corrected chi connectivity index (χ4v) is 2.35. The number of rotatable bonds is 4. The predicted octanol–water partition coefficient (Wildman–Crippen LogP) is 2.04. The topological polar surface area (TPSA) is 85.1 Å². The molecule has 0 unspecified atom stereocenters. The van der Waals surface area contributed by atoms with Crippen molar-refractivity contribution in [1.82, 2.24) is 10.3 Å². The van der Waals surface area contributed by atoms with Crippen LogP contribution in [0.5, 0.6) is 0 Å². The molecule has 0 spiro atoms. The van der Waals surface area contributed by atoms with Crippen LogP contribution in [-0.4, -0.2) is 16.8 Å². The maximum Gasteiger partial charge on any atom is 0.277 e. The zero-order valence-corrected chi connectivity index (χ0v) is 12.0. The summed E-state index contributed by atoms with van der Waals surface area (Å²) in [6, 6.07) is 7.78. The van der Waals surface area contributed by atoms with Crippen LogP contribution in [-0.2, 0) is 0 Å². The number of thiazole rings is 1. The minimum Gasteiger partial charge on any atom is -0.364 e. The van der Waals surface area contributed by atoms with E-state index in [0.29, 0.717) is 0 Å².